The molecule has 0 fully saturated rings. The summed E-state index contributed by atoms with van der Waals surface area (Å²) in [5, 5.41) is 2.80. The number of ether oxygens (including phenoxy) is 1. The minimum atomic E-state index is -4.42. The van der Waals surface area contributed by atoms with E-state index in [4.69, 9.17) is 4.74 Å². The first-order valence-corrected chi connectivity index (χ1v) is 7.56. The van der Waals surface area contributed by atoms with Crippen LogP contribution in [0.2, 0.25) is 0 Å². The van der Waals surface area contributed by atoms with E-state index in [1.54, 1.807) is 38.4 Å². The van der Waals surface area contributed by atoms with Crippen molar-refractivity contribution in [2.24, 2.45) is 0 Å². The average molecular weight is 353 g/mol. The SMILES string of the molecule is CC(C)(C(=O)OCCNc1ccc(C(F)(F)F)cn1)c1cccnc1. The number of halogens is 3. The summed E-state index contributed by atoms with van der Waals surface area (Å²) >= 11 is 0. The van der Waals surface area contributed by atoms with E-state index < -0.39 is 23.1 Å². The molecular formula is C17H18F3N3O2. The van der Waals surface area contributed by atoms with Crippen molar-refractivity contribution in [1.29, 1.82) is 0 Å². The minimum Gasteiger partial charge on any atom is -0.463 e. The molecular weight excluding hydrogens is 335 g/mol. The van der Waals surface area contributed by atoms with Gasteiger partial charge < -0.3 is 10.1 Å². The van der Waals surface area contributed by atoms with Crippen LogP contribution in [0, 0.1) is 0 Å². The van der Waals surface area contributed by atoms with Gasteiger partial charge in [-0.3, -0.25) is 9.78 Å². The Morgan fingerprint density at radius 1 is 1.16 bits per heavy atom. The van der Waals surface area contributed by atoms with E-state index in [9.17, 15) is 18.0 Å². The third kappa shape index (κ3) is 4.91. The largest absolute Gasteiger partial charge is 0.463 e. The van der Waals surface area contributed by atoms with Crippen molar-refractivity contribution < 1.29 is 22.7 Å². The van der Waals surface area contributed by atoms with Crippen LogP contribution in [0.3, 0.4) is 0 Å². The molecule has 1 N–H and O–H groups in total. The lowest BCUT2D eigenvalue weighted by Gasteiger charge is -2.22. The first-order valence-electron chi connectivity index (χ1n) is 7.56. The van der Waals surface area contributed by atoms with Crippen molar-refractivity contribution in [2.45, 2.75) is 25.4 Å². The van der Waals surface area contributed by atoms with Crippen LogP contribution >= 0.6 is 0 Å². The maximum Gasteiger partial charge on any atom is 0.417 e. The van der Waals surface area contributed by atoms with Crippen LogP contribution in [0.25, 0.3) is 0 Å². The molecule has 0 radical (unpaired) electrons. The molecule has 134 valence electrons. The Kier molecular flexibility index (Phi) is 5.61. The molecule has 0 unspecified atom stereocenters. The van der Waals surface area contributed by atoms with Gasteiger partial charge in [0.25, 0.3) is 0 Å². The zero-order valence-corrected chi connectivity index (χ0v) is 13.8. The van der Waals surface area contributed by atoms with Crippen molar-refractivity contribution in [3.63, 3.8) is 0 Å². The second-order valence-corrected chi connectivity index (χ2v) is 5.86. The highest BCUT2D eigenvalue weighted by molar-refractivity contribution is 5.82. The van der Waals surface area contributed by atoms with Crippen molar-refractivity contribution in [2.75, 3.05) is 18.5 Å². The van der Waals surface area contributed by atoms with Crippen LogP contribution in [0.4, 0.5) is 19.0 Å². The Labute approximate surface area is 143 Å². The topological polar surface area (TPSA) is 64.1 Å². The van der Waals surface area contributed by atoms with Gasteiger partial charge in [0.15, 0.2) is 0 Å². The zero-order chi connectivity index (χ0) is 18.5. The fraction of sp³-hybridized carbons (Fsp3) is 0.353. The predicted molar refractivity (Wildman–Crippen MR) is 86.0 cm³/mol. The van der Waals surface area contributed by atoms with E-state index in [0.717, 1.165) is 17.8 Å². The summed E-state index contributed by atoms with van der Waals surface area (Å²) in [6, 6.07) is 5.69. The molecule has 2 aromatic rings. The van der Waals surface area contributed by atoms with Gasteiger partial charge in [-0.2, -0.15) is 13.2 Å². The number of rotatable bonds is 6. The van der Waals surface area contributed by atoms with Crippen molar-refractivity contribution in [3.05, 3.63) is 54.0 Å². The Morgan fingerprint density at radius 3 is 2.48 bits per heavy atom. The molecule has 2 heterocycles. The monoisotopic (exact) mass is 353 g/mol. The Bertz CT molecular complexity index is 701. The lowest BCUT2D eigenvalue weighted by atomic mass is 9.86. The maximum atomic E-state index is 12.4. The van der Waals surface area contributed by atoms with Gasteiger partial charge in [0.2, 0.25) is 0 Å². The first kappa shape index (κ1) is 18.7. The summed E-state index contributed by atoms with van der Waals surface area (Å²) < 4.78 is 42.6. The van der Waals surface area contributed by atoms with Crippen LogP contribution in [-0.2, 0) is 21.1 Å². The van der Waals surface area contributed by atoms with Crippen molar-refractivity contribution in [3.8, 4) is 0 Å². The number of nitrogens with one attached hydrogen (secondary N) is 1. The normalized spacial score (nSPS) is 11.9. The molecule has 0 spiro atoms. The number of hydrogen-bond acceptors (Lipinski definition) is 5. The summed E-state index contributed by atoms with van der Waals surface area (Å²) in [5.74, 6) is -0.141. The third-order valence-electron chi connectivity index (χ3n) is 3.63. The number of aromatic nitrogens is 2. The molecule has 0 aliphatic carbocycles. The van der Waals surface area contributed by atoms with Gasteiger partial charge in [-0.05, 0) is 37.6 Å². The summed E-state index contributed by atoms with van der Waals surface area (Å²) in [5.41, 5.74) is -0.930. The quantitative estimate of drug-likeness (QED) is 0.637. The van der Waals surface area contributed by atoms with Crippen LogP contribution in [0.5, 0.6) is 0 Å². The highest BCUT2D eigenvalue weighted by Crippen LogP contribution is 2.28. The molecule has 25 heavy (non-hydrogen) atoms. The number of anilines is 1. The zero-order valence-electron chi connectivity index (χ0n) is 13.8. The van der Waals surface area contributed by atoms with Gasteiger partial charge >= 0.3 is 12.1 Å². The van der Waals surface area contributed by atoms with Gasteiger partial charge in [0.05, 0.1) is 17.5 Å². The van der Waals surface area contributed by atoms with E-state index in [-0.39, 0.29) is 19.0 Å². The molecule has 5 nitrogen and oxygen atoms in total. The third-order valence-corrected chi connectivity index (χ3v) is 3.63. The first-order chi connectivity index (χ1) is 11.7. The molecule has 0 amide bonds. The molecule has 8 heteroatoms. The van der Waals surface area contributed by atoms with Crippen LogP contribution in [-0.4, -0.2) is 29.1 Å². The van der Waals surface area contributed by atoms with Crippen LogP contribution < -0.4 is 5.32 Å². The summed E-state index contributed by atoms with van der Waals surface area (Å²) in [4.78, 5) is 19.9. The number of nitrogens with zero attached hydrogens (tertiary/aromatic N) is 2. The summed E-state index contributed by atoms with van der Waals surface area (Å²) in [6.07, 6.45) is -0.448. The molecule has 0 saturated carbocycles. The number of hydrogen-bond donors (Lipinski definition) is 1. The van der Waals surface area contributed by atoms with Crippen LogP contribution in [0.15, 0.2) is 42.9 Å². The summed E-state index contributed by atoms with van der Waals surface area (Å²) in [6.45, 7) is 3.76. The second-order valence-electron chi connectivity index (χ2n) is 5.86. The van der Waals surface area contributed by atoms with E-state index in [1.807, 2.05) is 0 Å². The molecule has 2 rings (SSSR count). The highest BCUT2D eigenvalue weighted by atomic mass is 19.4. The maximum absolute atomic E-state index is 12.4. The van der Waals surface area contributed by atoms with Crippen LogP contribution in [0.1, 0.15) is 25.0 Å². The van der Waals surface area contributed by atoms with E-state index in [1.165, 1.54) is 6.07 Å². The number of carbonyl (C=O) groups excluding carboxylic acids is 1. The molecule has 0 bridgehead atoms. The predicted octanol–water partition coefficient (Wildman–Crippen LogP) is 3.43. The molecule has 0 aliphatic heterocycles. The van der Waals surface area contributed by atoms with E-state index >= 15 is 0 Å². The summed E-state index contributed by atoms with van der Waals surface area (Å²) in [7, 11) is 0. The Balaban J connectivity index is 1.82. The highest BCUT2D eigenvalue weighted by Gasteiger charge is 2.32. The van der Waals surface area contributed by atoms with Crippen molar-refractivity contribution >= 4 is 11.8 Å². The van der Waals surface area contributed by atoms with Gasteiger partial charge in [-0.1, -0.05) is 6.07 Å². The number of esters is 1. The Morgan fingerprint density at radius 2 is 1.92 bits per heavy atom. The fourth-order valence-corrected chi connectivity index (χ4v) is 2.02. The molecule has 2 aromatic heterocycles. The lowest BCUT2D eigenvalue weighted by Crippen LogP contribution is -2.32. The minimum absolute atomic E-state index is 0.0607. The Hall–Kier alpha value is -2.64. The van der Waals surface area contributed by atoms with Crippen molar-refractivity contribution in [1.82, 2.24) is 9.97 Å². The standard InChI is InChI=1S/C17H18F3N3O2/c1-16(2,12-4-3-7-21-10-12)15(24)25-9-8-22-14-6-5-13(11-23-14)17(18,19)20/h3-7,10-11H,8-9H2,1-2H3,(H,22,23). The number of pyridine rings is 2. The molecule has 0 saturated heterocycles. The average Bonchev–Trinajstić information content (AvgIpc) is 2.59. The molecule has 0 atom stereocenters. The lowest BCUT2D eigenvalue weighted by molar-refractivity contribution is -0.149. The van der Waals surface area contributed by atoms with E-state index in [0.29, 0.717) is 0 Å². The van der Waals surface area contributed by atoms with Gasteiger partial charge in [-0.25, -0.2) is 4.98 Å². The molecule has 0 aromatic carbocycles. The van der Waals surface area contributed by atoms with Gasteiger partial charge in [0.1, 0.15) is 12.4 Å². The van der Waals surface area contributed by atoms with Gasteiger partial charge in [0, 0.05) is 18.6 Å². The van der Waals surface area contributed by atoms with E-state index in [2.05, 4.69) is 15.3 Å². The number of carbonyl (C=O) groups is 1. The van der Waals surface area contributed by atoms with Gasteiger partial charge in [-0.15, -0.1) is 0 Å². The number of alkyl halides is 3. The molecule has 0 aliphatic rings. The second kappa shape index (κ2) is 7.50. The fourth-order valence-electron chi connectivity index (χ4n) is 2.02. The smallest absolute Gasteiger partial charge is 0.417 e.